The topological polar surface area (TPSA) is 12.0 Å². The summed E-state index contributed by atoms with van der Waals surface area (Å²) in [6.07, 6.45) is 0. The molecule has 1 nitrogen and oxygen atoms in total. The Morgan fingerprint density at radius 3 is 2.22 bits per heavy atom. The van der Waals surface area contributed by atoms with Crippen LogP contribution in [0, 0.1) is 23.7 Å². The van der Waals surface area contributed by atoms with Gasteiger partial charge in [0.25, 0.3) is 0 Å². The Kier molecular flexibility index (Phi) is 3.59. The van der Waals surface area contributed by atoms with E-state index in [-0.39, 0.29) is 0 Å². The SMILES string of the molecule is CCNC(c1cc(C)c(Cl)s1)C1C(C)(C)C1(C)C. The van der Waals surface area contributed by atoms with Crippen molar-refractivity contribution >= 4 is 22.9 Å². The van der Waals surface area contributed by atoms with Crippen LogP contribution < -0.4 is 5.32 Å². The van der Waals surface area contributed by atoms with E-state index in [1.165, 1.54) is 10.4 Å². The zero-order chi connectivity index (χ0) is 13.7. The molecule has 1 aromatic rings. The van der Waals surface area contributed by atoms with Gasteiger partial charge in [-0.05, 0) is 41.8 Å². The molecule has 0 spiro atoms. The minimum absolute atomic E-state index is 0.393. The smallest absolute Gasteiger partial charge is 0.0960 e. The summed E-state index contributed by atoms with van der Waals surface area (Å²) in [4.78, 5) is 1.39. The van der Waals surface area contributed by atoms with Crippen LogP contribution in [0.3, 0.4) is 0 Å². The summed E-state index contributed by atoms with van der Waals surface area (Å²) in [5.74, 6) is 0.680. The molecule has 2 rings (SSSR count). The van der Waals surface area contributed by atoms with Crippen LogP contribution in [0.25, 0.3) is 0 Å². The van der Waals surface area contributed by atoms with E-state index in [4.69, 9.17) is 11.6 Å². The van der Waals surface area contributed by atoms with Crippen molar-refractivity contribution in [2.24, 2.45) is 16.7 Å². The highest BCUT2D eigenvalue weighted by Crippen LogP contribution is 2.72. The first-order chi connectivity index (χ1) is 8.23. The molecule has 102 valence electrons. The number of rotatable bonds is 4. The second-order valence-electron chi connectivity index (χ2n) is 6.56. The summed E-state index contributed by atoms with van der Waals surface area (Å²) in [7, 11) is 0. The molecule has 1 aliphatic rings. The summed E-state index contributed by atoms with van der Waals surface area (Å²) in [5, 5.41) is 3.66. The van der Waals surface area contributed by atoms with E-state index in [1.807, 2.05) is 0 Å². The second-order valence-corrected chi connectivity index (χ2v) is 8.25. The maximum atomic E-state index is 6.23. The van der Waals surface area contributed by atoms with Gasteiger partial charge in [0.05, 0.1) is 4.34 Å². The minimum Gasteiger partial charge on any atom is -0.309 e. The van der Waals surface area contributed by atoms with E-state index < -0.39 is 0 Å². The highest BCUT2D eigenvalue weighted by atomic mass is 35.5. The monoisotopic (exact) mass is 285 g/mol. The Morgan fingerprint density at radius 1 is 1.33 bits per heavy atom. The summed E-state index contributed by atoms with van der Waals surface area (Å²) in [5.41, 5.74) is 1.99. The van der Waals surface area contributed by atoms with Crippen molar-refractivity contribution in [3.63, 3.8) is 0 Å². The maximum absolute atomic E-state index is 6.23. The Labute approximate surface area is 120 Å². The minimum atomic E-state index is 0.393. The predicted octanol–water partition coefficient (Wildman–Crippen LogP) is 5.04. The van der Waals surface area contributed by atoms with E-state index in [9.17, 15) is 0 Å². The molecule has 18 heavy (non-hydrogen) atoms. The fourth-order valence-corrected chi connectivity index (χ4v) is 4.65. The average molecular weight is 286 g/mol. The molecule has 0 bridgehead atoms. The second kappa shape index (κ2) is 4.50. The van der Waals surface area contributed by atoms with Crippen molar-refractivity contribution in [1.82, 2.24) is 5.32 Å². The zero-order valence-corrected chi connectivity index (χ0v) is 13.8. The van der Waals surface area contributed by atoms with Crippen molar-refractivity contribution in [1.29, 1.82) is 0 Å². The third kappa shape index (κ3) is 2.03. The van der Waals surface area contributed by atoms with Crippen molar-refractivity contribution in [2.45, 2.75) is 47.6 Å². The summed E-state index contributed by atoms with van der Waals surface area (Å²) < 4.78 is 0.934. The largest absolute Gasteiger partial charge is 0.309 e. The Bertz CT molecular complexity index is 414. The van der Waals surface area contributed by atoms with E-state index in [0.717, 1.165) is 10.9 Å². The van der Waals surface area contributed by atoms with Crippen LogP contribution in [0.5, 0.6) is 0 Å². The van der Waals surface area contributed by atoms with Gasteiger partial charge in [-0.25, -0.2) is 0 Å². The van der Waals surface area contributed by atoms with Gasteiger partial charge in [0.1, 0.15) is 0 Å². The maximum Gasteiger partial charge on any atom is 0.0960 e. The van der Waals surface area contributed by atoms with Crippen LogP contribution in [0.4, 0.5) is 0 Å². The predicted molar refractivity (Wildman–Crippen MR) is 81.5 cm³/mol. The van der Waals surface area contributed by atoms with Gasteiger partial charge in [-0.15, -0.1) is 11.3 Å². The summed E-state index contributed by atoms with van der Waals surface area (Å²) >= 11 is 7.97. The molecule has 1 aliphatic carbocycles. The average Bonchev–Trinajstić information content (AvgIpc) is 2.54. The fourth-order valence-electron chi connectivity index (χ4n) is 3.32. The molecule has 3 heteroatoms. The van der Waals surface area contributed by atoms with Crippen LogP contribution in [-0.2, 0) is 0 Å². The Hall–Kier alpha value is -0.0500. The summed E-state index contributed by atoms with van der Waals surface area (Å²) in [6.45, 7) is 14.8. The molecule has 1 heterocycles. The normalized spacial score (nSPS) is 23.1. The lowest BCUT2D eigenvalue weighted by molar-refractivity contribution is 0.424. The molecule has 0 aliphatic heterocycles. The summed E-state index contributed by atoms with van der Waals surface area (Å²) in [6, 6.07) is 2.70. The van der Waals surface area contributed by atoms with Gasteiger partial charge in [0.15, 0.2) is 0 Å². The molecule has 0 aromatic carbocycles. The molecule has 0 amide bonds. The number of nitrogens with one attached hydrogen (secondary N) is 1. The Balaban J connectivity index is 2.31. The van der Waals surface area contributed by atoms with Crippen LogP contribution >= 0.6 is 22.9 Å². The molecule has 1 aromatic heterocycles. The molecule has 1 N–H and O–H groups in total. The molecule has 0 radical (unpaired) electrons. The zero-order valence-electron chi connectivity index (χ0n) is 12.2. The molecule has 1 unspecified atom stereocenters. The Morgan fingerprint density at radius 2 is 1.89 bits per heavy atom. The van der Waals surface area contributed by atoms with E-state index in [2.05, 4.69) is 52.9 Å². The van der Waals surface area contributed by atoms with Crippen LogP contribution in [0.15, 0.2) is 6.07 Å². The molecule has 1 atom stereocenters. The van der Waals surface area contributed by atoms with Crippen LogP contribution in [0.2, 0.25) is 4.34 Å². The lowest BCUT2D eigenvalue weighted by Gasteiger charge is -2.18. The lowest BCUT2D eigenvalue weighted by Crippen LogP contribution is -2.24. The van der Waals surface area contributed by atoms with Crippen molar-refractivity contribution in [3.05, 3.63) is 20.8 Å². The van der Waals surface area contributed by atoms with Gasteiger partial charge in [-0.2, -0.15) is 0 Å². The van der Waals surface area contributed by atoms with Crippen LogP contribution in [0.1, 0.15) is 51.1 Å². The van der Waals surface area contributed by atoms with Gasteiger partial charge in [-0.1, -0.05) is 46.2 Å². The molecule has 1 saturated carbocycles. The molecular weight excluding hydrogens is 262 g/mol. The molecule has 0 saturated heterocycles. The third-order valence-corrected chi connectivity index (χ3v) is 6.71. The van der Waals surface area contributed by atoms with Gasteiger partial charge in [0, 0.05) is 10.9 Å². The first kappa shape index (κ1) is 14.4. The first-order valence-corrected chi connectivity index (χ1v) is 7.92. The number of hydrogen-bond donors (Lipinski definition) is 1. The van der Waals surface area contributed by atoms with Gasteiger partial charge in [-0.3, -0.25) is 0 Å². The highest BCUT2D eigenvalue weighted by molar-refractivity contribution is 7.16. The van der Waals surface area contributed by atoms with E-state index in [0.29, 0.717) is 22.8 Å². The van der Waals surface area contributed by atoms with Gasteiger partial charge >= 0.3 is 0 Å². The highest BCUT2D eigenvalue weighted by Gasteiger charge is 2.67. The van der Waals surface area contributed by atoms with E-state index >= 15 is 0 Å². The third-order valence-electron chi connectivity index (χ3n) is 5.07. The molecular formula is C15H24ClNS. The number of hydrogen-bond acceptors (Lipinski definition) is 2. The van der Waals surface area contributed by atoms with Gasteiger partial charge in [0.2, 0.25) is 0 Å². The van der Waals surface area contributed by atoms with E-state index in [1.54, 1.807) is 11.3 Å². The van der Waals surface area contributed by atoms with Crippen molar-refractivity contribution in [2.75, 3.05) is 6.54 Å². The lowest BCUT2D eigenvalue weighted by atomic mass is 10.0. The molecule has 1 fully saturated rings. The first-order valence-electron chi connectivity index (χ1n) is 6.72. The quantitative estimate of drug-likeness (QED) is 0.817. The van der Waals surface area contributed by atoms with Crippen molar-refractivity contribution in [3.8, 4) is 0 Å². The van der Waals surface area contributed by atoms with Crippen LogP contribution in [-0.4, -0.2) is 6.54 Å². The van der Waals surface area contributed by atoms with Crippen molar-refractivity contribution < 1.29 is 0 Å². The number of thiophene rings is 1. The number of aryl methyl sites for hydroxylation is 1. The number of halogens is 1. The van der Waals surface area contributed by atoms with Gasteiger partial charge < -0.3 is 5.32 Å². The fraction of sp³-hybridized carbons (Fsp3) is 0.733. The standard InChI is InChI=1S/C15H24ClNS/c1-7-17-11(10-8-9(2)13(16)18-10)12-14(3,4)15(12,5)6/h8,11-12,17H,7H2,1-6H3.